The van der Waals surface area contributed by atoms with E-state index in [1.54, 1.807) is 20.0 Å². The molecular weight excluding hydrogens is 323 g/mol. The lowest BCUT2D eigenvalue weighted by molar-refractivity contribution is 0.0942. The zero-order valence-electron chi connectivity index (χ0n) is 13.1. The van der Waals surface area contributed by atoms with Crippen molar-refractivity contribution < 1.29 is 14.3 Å². The first-order valence-electron chi connectivity index (χ1n) is 6.93. The van der Waals surface area contributed by atoms with Gasteiger partial charge in [-0.2, -0.15) is 5.10 Å². The second-order valence-corrected chi connectivity index (χ2v) is 5.14. The Labute approximate surface area is 140 Å². The van der Waals surface area contributed by atoms with E-state index in [9.17, 15) is 14.3 Å². The smallest absolute Gasteiger partial charge is 0.275 e. The molecule has 1 aromatic heterocycles. The maximum Gasteiger partial charge on any atom is 0.275 e. The highest BCUT2D eigenvalue weighted by Gasteiger charge is 2.18. The van der Waals surface area contributed by atoms with Gasteiger partial charge < -0.3 is 15.7 Å². The summed E-state index contributed by atoms with van der Waals surface area (Å²) in [5.74, 6) is -1.03. The third-order valence-corrected chi connectivity index (χ3v) is 3.38. The van der Waals surface area contributed by atoms with Crippen LogP contribution in [0.25, 0.3) is 5.69 Å². The molecule has 1 heterocycles. The highest BCUT2D eigenvalue weighted by atomic mass is 35.5. The van der Waals surface area contributed by atoms with Gasteiger partial charge in [0.2, 0.25) is 0 Å². The van der Waals surface area contributed by atoms with Crippen molar-refractivity contribution in [1.82, 2.24) is 20.4 Å². The van der Waals surface area contributed by atoms with E-state index in [0.29, 0.717) is 17.8 Å². The van der Waals surface area contributed by atoms with Gasteiger partial charge in [0.15, 0.2) is 11.4 Å². The summed E-state index contributed by atoms with van der Waals surface area (Å²) in [6, 6.07) is 4.31. The molecule has 0 spiro atoms. The fourth-order valence-electron chi connectivity index (χ4n) is 1.96. The number of nitrogens with one attached hydrogen (secondary N) is 2. The molecule has 126 valence electrons. The molecule has 0 aliphatic rings. The summed E-state index contributed by atoms with van der Waals surface area (Å²) >= 11 is 0. The highest BCUT2D eigenvalue weighted by molar-refractivity contribution is 5.94. The molecule has 2 aromatic rings. The van der Waals surface area contributed by atoms with E-state index in [1.807, 2.05) is 6.92 Å². The summed E-state index contributed by atoms with van der Waals surface area (Å²) in [5, 5.41) is 19.7. The average Bonchev–Trinajstić information content (AvgIpc) is 2.86. The molecule has 0 aliphatic carbocycles. The Morgan fingerprint density at radius 2 is 2.17 bits per heavy atom. The fraction of sp³-hybridized carbons (Fsp3) is 0.333. The number of likely N-dealkylation sites (N-methyl/N-ethyl adjacent to an activating group) is 1. The van der Waals surface area contributed by atoms with Gasteiger partial charge in [-0.1, -0.05) is 0 Å². The predicted octanol–water partition coefficient (Wildman–Crippen LogP) is 1.78. The second kappa shape index (κ2) is 7.94. The molecule has 1 atom stereocenters. The molecular formula is C15H20ClFN4O2. The Morgan fingerprint density at radius 1 is 1.48 bits per heavy atom. The molecule has 1 unspecified atom stereocenters. The maximum absolute atomic E-state index is 13.1. The summed E-state index contributed by atoms with van der Waals surface area (Å²) in [5.41, 5.74) is 1.18. The van der Waals surface area contributed by atoms with E-state index >= 15 is 0 Å². The normalized spacial score (nSPS) is 11.7. The molecule has 3 N–H and O–H groups in total. The Morgan fingerprint density at radius 3 is 2.78 bits per heavy atom. The van der Waals surface area contributed by atoms with E-state index in [2.05, 4.69) is 15.7 Å². The van der Waals surface area contributed by atoms with Gasteiger partial charge in [-0.25, -0.2) is 9.07 Å². The van der Waals surface area contributed by atoms with Crippen molar-refractivity contribution in [3.8, 4) is 11.4 Å². The van der Waals surface area contributed by atoms with Crippen LogP contribution in [0.1, 0.15) is 23.0 Å². The van der Waals surface area contributed by atoms with Crippen LogP contribution < -0.4 is 10.6 Å². The fourth-order valence-corrected chi connectivity index (χ4v) is 1.96. The largest absolute Gasteiger partial charge is 0.504 e. The Kier molecular flexibility index (Phi) is 6.53. The van der Waals surface area contributed by atoms with Gasteiger partial charge in [0, 0.05) is 12.6 Å². The zero-order chi connectivity index (χ0) is 16.3. The van der Waals surface area contributed by atoms with Gasteiger partial charge >= 0.3 is 0 Å². The number of carbonyl (C=O) groups is 1. The lowest BCUT2D eigenvalue weighted by Gasteiger charge is -2.10. The molecule has 0 fully saturated rings. The average molecular weight is 343 g/mol. The van der Waals surface area contributed by atoms with Crippen molar-refractivity contribution in [1.29, 1.82) is 0 Å². The van der Waals surface area contributed by atoms with E-state index in [0.717, 1.165) is 0 Å². The van der Waals surface area contributed by atoms with E-state index in [-0.39, 0.29) is 35.7 Å². The van der Waals surface area contributed by atoms with E-state index in [1.165, 1.54) is 23.0 Å². The van der Waals surface area contributed by atoms with Crippen LogP contribution in [0.3, 0.4) is 0 Å². The first-order chi connectivity index (χ1) is 10.4. The number of amides is 1. The standard InChI is InChI=1S/C15H19FN4O2.ClH/c1-9-6-11(16)4-5-12(9)20-8-13(21)14(19-20)15(22)18-7-10(2)17-3;/h4-6,8,10,17,21H,7H2,1-3H3,(H,18,22);1H. The van der Waals surface area contributed by atoms with Gasteiger partial charge in [-0.15, -0.1) is 12.4 Å². The van der Waals surface area contributed by atoms with Gasteiger partial charge in [-0.3, -0.25) is 4.79 Å². The topological polar surface area (TPSA) is 79.2 Å². The second-order valence-electron chi connectivity index (χ2n) is 5.14. The molecule has 1 aromatic carbocycles. The maximum atomic E-state index is 13.1. The first-order valence-corrected chi connectivity index (χ1v) is 6.93. The molecule has 2 rings (SSSR count). The zero-order valence-corrected chi connectivity index (χ0v) is 13.9. The third kappa shape index (κ3) is 4.43. The number of rotatable bonds is 5. The predicted molar refractivity (Wildman–Crippen MR) is 88.0 cm³/mol. The number of aryl methyl sites for hydroxylation is 1. The molecule has 0 radical (unpaired) electrons. The number of hydrogen-bond donors (Lipinski definition) is 3. The van der Waals surface area contributed by atoms with Crippen LogP contribution in [-0.2, 0) is 0 Å². The third-order valence-electron chi connectivity index (χ3n) is 3.38. The monoisotopic (exact) mass is 342 g/mol. The summed E-state index contributed by atoms with van der Waals surface area (Å²) < 4.78 is 14.5. The van der Waals surface area contributed by atoms with E-state index < -0.39 is 5.91 Å². The molecule has 1 amide bonds. The van der Waals surface area contributed by atoms with Gasteiger partial charge in [0.25, 0.3) is 5.91 Å². The van der Waals surface area contributed by atoms with Crippen molar-refractivity contribution >= 4 is 18.3 Å². The van der Waals surface area contributed by atoms with Crippen LogP contribution in [0.4, 0.5) is 4.39 Å². The summed E-state index contributed by atoms with van der Waals surface area (Å²) in [6.45, 7) is 4.06. The highest BCUT2D eigenvalue weighted by Crippen LogP contribution is 2.20. The van der Waals surface area contributed by atoms with Crippen LogP contribution in [0.5, 0.6) is 5.75 Å². The quantitative estimate of drug-likeness (QED) is 0.774. The minimum absolute atomic E-state index is 0. The molecule has 23 heavy (non-hydrogen) atoms. The molecule has 0 saturated heterocycles. The number of nitrogens with zero attached hydrogens (tertiary/aromatic N) is 2. The van der Waals surface area contributed by atoms with Gasteiger partial charge in [0.05, 0.1) is 11.9 Å². The Hall–Kier alpha value is -2.12. The Balaban J connectivity index is 0.00000264. The van der Waals surface area contributed by atoms with Crippen molar-refractivity contribution in [2.45, 2.75) is 19.9 Å². The number of halogens is 2. The Bertz CT molecular complexity index is 690. The lowest BCUT2D eigenvalue weighted by atomic mass is 10.2. The molecule has 0 aliphatic heterocycles. The number of aromatic hydroxyl groups is 1. The molecule has 0 saturated carbocycles. The minimum Gasteiger partial charge on any atom is -0.504 e. The molecule has 8 heteroatoms. The van der Waals surface area contributed by atoms with Crippen LogP contribution >= 0.6 is 12.4 Å². The van der Waals surface area contributed by atoms with Crippen LogP contribution in [0, 0.1) is 12.7 Å². The molecule has 0 bridgehead atoms. The van der Waals surface area contributed by atoms with Crippen molar-refractivity contribution in [2.75, 3.05) is 13.6 Å². The lowest BCUT2D eigenvalue weighted by Crippen LogP contribution is -2.37. The van der Waals surface area contributed by atoms with Crippen molar-refractivity contribution in [2.24, 2.45) is 0 Å². The summed E-state index contributed by atoms with van der Waals surface area (Å²) in [7, 11) is 1.79. The molecule has 6 nitrogen and oxygen atoms in total. The van der Waals surface area contributed by atoms with Crippen LogP contribution in [-0.4, -0.2) is 40.4 Å². The van der Waals surface area contributed by atoms with Gasteiger partial charge in [-0.05, 0) is 44.7 Å². The first kappa shape index (κ1) is 18.9. The van der Waals surface area contributed by atoms with Crippen LogP contribution in [0.2, 0.25) is 0 Å². The minimum atomic E-state index is -0.460. The number of carbonyl (C=O) groups excluding carboxylic acids is 1. The SMILES string of the molecule is CNC(C)CNC(=O)c1nn(-c2ccc(F)cc2C)cc1O.Cl. The van der Waals surface area contributed by atoms with Crippen molar-refractivity contribution in [3.63, 3.8) is 0 Å². The van der Waals surface area contributed by atoms with Crippen LogP contribution in [0.15, 0.2) is 24.4 Å². The van der Waals surface area contributed by atoms with E-state index in [4.69, 9.17) is 0 Å². The summed E-state index contributed by atoms with van der Waals surface area (Å²) in [6.07, 6.45) is 1.33. The van der Waals surface area contributed by atoms with Gasteiger partial charge in [0.1, 0.15) is 5.82 Å². The number of aromatic nitrogens is 2. The van der Waals surface area contributed by atoms with Crippen molar-refractivity contribution in [3.05, 3.63) is 41.5 Å². The number of hydrogen-bond acceptors (Lipinski definition) is 4. The number of benzene rings is 1. The summed E-state index contributed by atoms with van der Waals surface area (Å²) in [4.78, 5) is 12.0.